The molecule has 10 nitrogen and oxygen atoms in total. The van der Waals surface area contributed by atoms with Crippen LogP contribution in [0.15, 0.2) is 97.1 Å². The maximum Gasteiger partial charge on any atom is 2.00 e. The van der Waals surface area contributed by atoms with Crippen molar-refractivity contribution in [3.8, 4) is 22.3 Å². The Morgan fingerprint density at radius 3 is 0.810 bits per heavy atom. The minimum absolute atomic E-state index is 0. The van der Waals surface area contributed by atoms with Gasteiger partial charge in [-0.25, -0.2) is 0 Å². The number of fused-ring (bicyclic) bond motifs is 6. The van der Waals surface area contributed by atoms with Crippen molar-refractivity contribution in [1.82, 2.24) is 0 Å². The molecule has 2 aliphatic rings. The first-order chi connectivity index (χ1) is 19.3. The molecule has 4 aromatic rings. The van der Waals surface area contributed by atoms with Crippen molar-refractivity contribution in [3.63, 3.8) is 0 Å². The van der Waals surface area contributed by atoms with Crippen LogP contribution in [0.4, 0.5) is 0 Å². The Labute approximate surface area is 253 Å². The van der Waals surface area contributed by atoms with E-state index in [9.17, 15) is 30.0 Å². The Balaban J connectivity index is 0.000000654. The maximum atomic E-state index is 11.3. The molecule has 0 aromatic heterocycles. The van der Waals surface area contributed by atoms with Gasteiger partial charge in [0.15, 0.2) is 11.2 Å². The molecule has 0 aliphatic heterocycles. The molecule has 11 heteroatoms. The van der Waals surface area contributed by atoms with E-state index in [1.54, 1.807) is 72.8 Å². The predicted molar refractivity (Wildman–Crippen MR) is 149 cm³/mol. The summed E-state index contributed by atoms with van der Waals surface area (Å²) in [6, 6.07) is 27.8. The van der Waals surface area contributed by atoms with E-state index in [1.165, 1.54) is 0 Å². The normalized spacial score (nSPS) is 12.7. The summed E-state index contributed by atoms with van der Waals surface area (Å²) in [5.74, 6) is -2.98. The minimum Gasteiger partial charge on any atom is -0.546 e. The van der Waals surface area contributed by atoms with Crippen molar-refractivity contribution in [2.75, 3.05) is 21.3 Å². The van der Waals surface area contributed by atoms with Crippen molar-refractivity contribution < 1.29 is 67.9 Å². The van der Waals surface area contributed by atoms with E-state index in [4.69, 9.17) is 15.3 Å². The van der Waals surface area contributed by atoms with E-state index < -0.39 is 23.1 Å². The fourth-order valence-electron chi connectivity index (χ4n) is 4.86. The van der Waals surface area contributed by atoms with Crippen molar-refractivity contribution in [2.45, 2.75) is 11.2 Å². The number of carbonyl (C=O) groups is 2. The molecular weight excluding hydrogens is 596 g/mol. The number of carboxylic acids is 2. The molecule has 8 N–H and O–H groups in total. The van der Waals surface area contributed by atoms with Crippen molar-refractivity contribution >= 4 is 11.9 Å². The van der Waals surface area contributed by atoms with Crippen LogP contribution in [0.3, 0.4) is 0 Å². The first-order valence-electron chi connectivity index (χ1n) is 11.9. The number of hydrogen-bond donors (Lipinski definition) is 5. The maximum absolute atomic E-state index is 11.3. The van der Waals surface area contributed by atoms with E-state index in [1.807, 2.05) is 24.3 Å². The van der Waals surface area contributed by atoms with Crippen LogP contribution in [0.2, 0.25) is 0 Å². The van der Waals surface area contributed by atoms with Crippen molar-refractivity contribution in [3.05, 3.63) is 119 Å². The molecule has 4 aromatic carbocycles. The monoisotopic (exact) mass is 628 g/mol. The number of aliphatic carboxylic acids is 2. The fourth-order valence-corrected chi connectivity index (χ4v) is 4.86. The van der Waals surface area contributed by atoms with Crippen molar-refractivity contribution in [2.24, 2.45) is 0 Å². The molecule has 227 valence electrons. The van der Waals surface area contributed by atoms with Crippen molar-refractivity contribution in [1.29, 1.82) is 0 Å². The number of rotatable bonds is 2. The summed E-state index contributed by atoms with van der Waals surface area (Å²) in [6.45, 7) is 0. The first kappa shape index (κ1) is 38.1. The van der Waals surface area contributed by atoms with Gasteiger partial charge in [0, 0.05) is 43.6 Å². The van der Waals surface area contributed by atoms with Gasteiger partial charge in [0.05, 0.1) is 11.9 Å². The van der Waals surface area contributed by atoms with Gasteiger partial charge in [-0.1, -0.05) is 97.1 Å². The Kier molecular flexibility index (Phi) is 15.0. The molecule has 0 fully saturated rings. The third kappa shape index (κ3) is 6.29. The smallest absolute Gasteiger partial charge is 0.546 e. The predicted octanol–water partition coefficient (Wildman–Crippen LogP) is -0.793. The SMILES string of the molecule is CO.CO.CO.O=C([O-])C1(O)c2ccccc2-c2ccccc21.O=C([O-])C1(O)c2ccccc2-c2ccccc21.[Cu+2].[OH3+]. The minimum atomic E-state index is -2.03. The summed E-state index contributed by atoms with van der Waals surface area (Å²) in [5.41, 5.74) is 0.416. The quantitative estimate of drug-likeness (QED) is 0.139. The third-order valence-electron chi connectivity index (χ3n) is 6.44. The number of aliphatic hydroxyl groups excluding tert-OH is 3. The largest absolute Gasteiger partial charge is 2.00 e. The molecule has 6 rings (SSSR count). The molecule has 0 bridgehead atoms. The van der Waals surface area contributed by atoms with Crippen LogP contribution in [0, 0.1) is 0 Å². The van der Waals surface area contributed by atoms with Crippen LogP contribution in [0.25, 0.3) is 22.3 Å². The van der Waals surface area contributed by atoms with Crippen LogP contribution in [-0.2, 0) is 43.3 Å². The summed E-state index contributed by atoms with van der Waals surface area (Å²) in [7, 11) is 3.00. The molecular formula is C31H33CuO10+. The van der Waals surface area contributed by atoms with Gasteiger partial charge in [0.1, 0.15) is 0 Å². The van der Waals surface area contributed by atoms with Gasteiger partial charge in [-0.05, 0) is 22.3 Å². The van der Waals surface area contributed by atoms with Gasteiger partial charge in [0.2, 0.25) is 0 Å². The van der Waals surface area contributed by atoms with E-state index in [0.29, 0.717) is 22.3 Å². The van der Waals surface area contributed by atoms with Crippen LogP contribution in [0.5, 0.6) is 0 Å². The van der Waals surface area contributed by atoms with Crippen LogP contribution >= 0.6 is 0 Å². The van der Waals surface area contributed by atoms with Crippen LogP contribution in [-0.4, -0.2) is 58.8 Å². The van der Waals surface area contributed by atoms with E-state index in [-0.39, 0.29) is 22.5 Å². The number of benzene rings is 4. The molecule has 1 radical (unpaired) electrons. The fraction of sp³-hybridized carbons (Fsp3) is 0.161. The zero-order chi connectivity index (χ0) is 30.1. The summed E-state index contributed by atoms with van der Waals surface area (Å²) >= 11 is 0. The zero-order valence-corrected chi connectivity index (χ0v) is 23.9. The molecule has 0 saturated carbocycles. The third-order valence-corrected chi connectivity index (χ3v) is 6.44. The summed E-state index contributed by atoms with van der Waals surface area (Å²) in [4.78, 5) is 22.6. The van der Waals surface area contributed by atoms with Gasteiger partial charge >= 0.3 is 17.1 Å². The van der Waals surface area contributed by atoms with Gasteiger partial charge < -0.3 is 50.8 Å². The van der Waals surface area contributed by atoms with E-state index >= 15 is 0 Å². The average molecular weight is 629 g/mol. The van der Waals surface area contributed by atoms with Gasteiger partial charge in [0.25, 0.3) is 0 Å². The number of carboxylic acid groups (broad SMARTS) is 2. The standard InChI is InChI=1S/2C14H10O3.3CH4O.Cu.H2O/c2*15-13(16)14(17)11-7-3-1-5-9(11)10-6-2-4-8-12(10)14;3*1-2;;/h2*1-8,17H,(H,15,16);3*2H,1H3;;1H2/q;;;;;+2;/p-1. The molecule has 0 unspecified atom stereocenters. The zero-order valence-electron chi connectivity index (χ0n) is 23.0. The first-order valence-corrected chi connectivity index (χ1v) is 11.9. The van der Waals surface area contributed by atoms with Gasteiger partial charge in [-0.2, -0.15) is 0 Å². The number of hydrogen-bond acceptors (Lipinski definition) is 9. The van der Waals surface area contributed by atoms with Crippen LogP contribution in [0.1, 0.15) is 22.3 Å². The molecule has 0 atom stereocenters. The topological polar surface area (TPSA) is 214 Å². The summed E-state index contributed by atoms with van der Waals surface area (Å²) in [6.07, 6.45) is 0. The second kappa shape index (κ2) is 16.5. The average Bonchev–Trinajstić information content (AvgIpc) is 3.45. The molecule has 0 amide bonds. The molecule has 0 heterocycles. The Bertz CT molecular complexity index is 1270. The number of aliphatic hydroxyl groups is 5. The van der Waals surface area contributed by atoms with Gasteiger partial charge in [-0.3, -0.25) is 0 Å². The number of carbonyl (C=O) groups excluding carboxylic acids is 2. The Morgan fingerprint density at radius 2 is 0.643 bits per heavy atom. The molecule has 0 spiro atoms. The molecule has 42 heavy (non-hydrogen) atoms. The second-order valence-corrected chi connectivity index (χ2v) is 8.18. The Hall–Kier alpha value is -3.90. The summed E-state index contributed by atoms with van der Waals surface area (Å²) < 4.78 is 0. The molecule has 2 aliphatic carbocycles. The molecule has 0 saturated heterocycles. The Morgan fingerprint density at radius 1 is 0.476 bits per heavy atom. The second-order valence-electron chi connectivity index (χ2n) is 8.18. The van der Waals surface area contributed by atoms with E-state index in [2.05, 4.69) is 0 Å². The van der Waals surface area contributed by atoms with E-state index in [0.717, 1.165) is 43.6 Å². The summed E-state index contributed by atoms with van der Waals surface area (Å²) in [5, 5.41) is 64.4. The van der Waals surface area contributed by atoms with Gasteiger partial charge in [-0.15, -0.1) is 0 Å². The van der Waals surface area contributed by atoms with Crippen LogP contribution < -0.4 is 10.2 Å².